The van der Waals surface area contributed by atoms with Gasteiger partial charge in [-0.15, -0.1) is 0 Å². The Balaban J connectivity index is 2.25. The van der Waals surface area contributed by atoms with Crippen molar-refractivity contribution < 1.29 is 14.2 Å². The number of ether oxygens (including phenoxy) is 3. The lowest BCUT2D eigenvalue weighted by Gasteiger charge is -2.24. The highest BCUT2D eigenvalue weighted by Crippen LogP contribution is 2.40. The number of rotatable bonds is 6. The van der Waals surface area contributed by atoms with Crippen LogP contribution in [0.15, 0.2) is 17.1 Å². The highest BCUT2D eigenvalue weighted by molar-refractivity contribution is 5.80. The van der Waals surface area contributed by atoms with E-state index in [0.717, 1.165) is 31.2 Å². The molecule has 25 heavy (non-hydrogen) atoms. The standard InChI is InChI=1S/C19H31N3O3/c1-7-20-18(22-11-10-19(2,3)13-22)21-12-14-8-9-15(23-4)17(25-6)16(14)24-5/h8-9H,7,10-13H2,1-6H3,(H,20,21). The minimum Gasteiger partial charge on any atom is -0.493 e. The molecular weight excluding hydrogens is 318 g/mol. The van der Waals surface area contributed by atoms with Crippen molar-refractivity contribution in [3.8, 4) is 17.2 Å². The lowest BCUT2D eigenvalue weighted by Crippen LogP contribution is -2.40. The van der Waals surface area contributed by atoms with Crippen LogP contribution in [0.1, 0.15) is 32.8 Å². The largest absolute Gasteiger partial charge is 0.493 e. The Hall–Kier alpha value is -2.11. The summed E-state index contributed by atoms with van der Waals surface area (Å²) in [6.07, 6.45) is 1.18. The second-order valence-electron chi connectivity index (χ2n) is 7.00. The quantitative estimate of drug-likeness (QED) is 0.632. The van der Waals surface area contributed by atoms with E-state index in [4.69, 9.17) is 19.2 Å². The number of nitrogens with zero attached hydrogens (tertiary/aromatic N) is 2. The Bertz CT molecular complexity index is 614. The van der Waals surface area contributed by atoms with Crippen LogP contribution < -0.4 is 19.5 Å². The van der Waals surface area contributed by atoms with Crippen LogP contribution in [0.2, 0.25) is 0 Å². The van der Waals surface area contributed by atoms with Crippen LogP contribution in [0.25, 0.3) is 0 Å². The molecule has 6 nitrogen and oxygen atoms in total. The Morgan fingerprint density at radius 1 is 1.16 bits per heavy atom. The maximum absolute atomic E-state index is 5.55. The van der Waals surface area contributed by atoms with Gasteiger partial charge in [0.05, 0.1) is 27.9 Å². The average Bonchev–Trinajstić information content (AvgIpc) is 2.97. The van der Waals surface area contributed by atoms with Gasteiger partial charge < -0.3 is 24.4 Å². The molecule has 1 aromatic rings. The first-order valence-electron chi connectivity index (χ1n) is 8.77. The highest BCUT2D eigenvalue weighted by atomic mass is 16.5. The normalized spacial score (nSPS) is 16.7. The van der Waals surface area contributed by atoms with Gasteiger partial charge in [-0.2, -0.15) is 0 Å². The predicted octanol–water partition coefficient (Wildman–Crippen LogP) is 2.91. The zero-order chi connectivity index (χ0) is 18.4. The average molecular weight is 349 g/mol. The molecule has 2 rings (SSSR count). The molecule has 0 aromatic heterocycles. The van der Waals surface area contributed by atoms with Crippen molar-refractivity contribution in [1.29, 1.82) is 0 Å². The molecule has 0 amide bonds. The maximum Gasteiger partial charge on any atom is 0.203 e. The minimum absolute atomic E-state index is 0.331. The molecule has 6 heteroatoms. The monoisotopic (exact) mass is 349 g/mol. The lowest BCUT2D eigenvalue weighted by atomic mass is 9.93. The van der Waals surface area contributed by atoms with Gasteiger partial charge in [0, 0.05) is 25.2 Å². The molecule has 1 fully saturated rings. The summed E-state index contributed by atoms with van der Waals surface area (Å²) >= 11 is 0. The zero-order valence-electron chi connectivity index (χ0n) is 16.3. The molecule has 0 radical (unpaired) electrons. The van der Waals surface area contributed by atoms with Crippen molar-refractivity contribution in [2.24, 2.45) is 10.4 Å². The smallest absolute Gasteiger partial charge is 0.203 e. The van der Waals surface area contributed by atoms with Crippen LogP contribution in [0.4, 0.5) is 0 Å². The molecule has 1 aliphatic rings. The summed E-state index contributed by atoms with van der Waals surface area (Å²) in [7, 11) is 4.87. The maximum atomic E-state index is 5.55. The second-order valence-corrected chi connectivity index (χ2v) is 7.00. The van der Waals surface area contributed by atoms with E-state index >= 15 is 0 Å². The molecule has 1 heterocycles. The first-order chi connectivity index (χ1) is 12.0. The Labute approximate surface area is 151 Å². The highest BCUT2D eigenvalue weighted by Gasteiger charge is 2.30. The summed E-state index contributed by atoms with van der Waals surface area (Å²) in [4.78, 5) is 7.16. The van der Waals surface area contributed by atoms with Crippen molar-refractivity contribution in [3.05, 3.63) is 17.7 Å². The number of hydrogen-bond donors (Lipinski definition) is 1. The van der Waals surface area contributed by atoms with Crippen LogP contribution in [0.5, 0.6) is 17.2 Å². The van der Waals surface area contributed by atoms with E-state index in [-0.39, 0.29) is 0 Å². The number of guanidine groups is 1. The van der Waals surface area contributed by atoms with E-state index in [0.29, 0.717) is 29.2 Å². The van der Waals surface area contributed by atoms with Crippen molar-refractivity contribution in [3.63, 3.8) is 0 Å². The van der Waals surface area contributed by atoms with Crippen molar-refractivity contribution in [2.75, 3.05) is 41.0 Å². The van der Waals surface area contributed by atoms with Gasteiger partial charge in [0.2, 0.25) is 5.75 Å². The summed E-state index contributed by atoms with van der Waals surface area (Å²) < 4.78 is 16.3. The van der Waals surface area contributed by atoms with E-state index in [1.165, 1.54) is 6.42 Å². The SMILES string of the molecule is CCNC(=NCc1ccc(OC)c(OC)c1OC)N1CCC(C)(C)C1. The number of methoxy groups -OCH3 is 3. The van der Waals surface area contributed by atoms with Crippen molar-refractivity contribution >= 4 is 5.96 Å². The minimum atomic E-state index is 0.331. The fourth-order valence-electron chi connectivity index (χ4n) is 3.17. The molecule has 0 bridgehead atoms. The second kappa shape index (κ2) is 8.32. The zero-order valence-corrected chi connectivity index (χ0v) is 16.3. The number of nitrogens with one attached hydrogen (secondary N) is 1. The first-order valence-corrected chi connectivity index (χ1v) is 8.77. The third-order valence-corrected chi connectivity index (χ3v) is 4.50. The molecule has 1 N–H and O–H groups in total. The van der Waals surface area contributed by atoms with Crippen LogP contribution in [0.3, 0.4) is 0 Å². The molecule has 1 aromatic carbocycles. The molecule has 0 aliphatic carbocycles. The number of likely N-dealkylation sites (tertiary alicyclic amines) is 1. The number of hydrogen-bond acceptors (Lipinski definition) is 4. The lowest BCUT2D eigenvalue weighted by molar-refractivity contribution is 0.322. The number of aliphatic imine (C=N–C) groups is 1. The Morgan fingerprint density at radius 2 is 1.88 bits per heavy atom. The van der Waals surface area contributed by atoms with Crippen molar-refractivity contribution in [1.82, 2.24) is 10.2 Å². The van der Waals surface area contributed by atoms with Crippen LogP contribution >= 0.6 is 0 Å². The van der Waals surface area contributed by atoms with Gasteiger partial charge >= 0.3 is 0 Å². The van der Waals surface area contributed by atoms with E-state index in [9.17, 15) is 0 Å². The Kier molecular flexibility index (Phi) is 6.39. The summed E-state index contributed by atoms with van der Waals surface area (Å²) in [6.45, 7) is 10.1. The van der Waals surface area contributed by atoms with E-state index in [1.807, 2.05) is 12.1 Å². The third-order valence-electron chi connectivity index (χ3n) is 4.50. The van der Waals surface area contributed by atoms with Gasteiger partial charge in [-0.3, -0.25) is 0 Å². The molecule has 0 saturated carbocycles. The van der Waals surface area contributed by atoms with Crippen molar-refractivity contribution in [2.45, 2.75) is 33.7 Å². The molecule has 1 aliphatic heterocycles. The fraction of sp³-hybridized carbons (Fsp3) is 0.632. The molecule has 0 unspecified atom stereocenters. The number of benzene rings is 1. The first kappa shape index (κ1) is 19.2. The van der Waals surface area contributed by atoms with E-state index in [1.54, 1.807) is 21.3 Å². The van der Waals surface area contributed by atoms with E-state index < -0.39 is 0 Å². The van der Waals surface area contributed by atoms with Gasteiger partial charge in [0.15, 0.2) is 17.5 Å². The summed E-state index contributed by atoms with van der Waals surface area (Å²) in [5.41, 5.74) is 1.30. The van der Waals surface area contributed by atoms with Crippen LogP contribution in [0, 0.1) is 5.41 Å². The fourth-order valence-corrected chi connectivity index (χ4v) is 3.17. The van der Waals surface area contributed by atoms with Gasteiger partial charge in [-0.05, 0) is 30.9 Å². The predicted molar refractivity (Wildman–Crippen MR) is 101 cm³/mol. The summed E-state index contributed by atoms with van der Waals surface area (Å²) in [5, 5.41) is 3.40. The van der Waals surface area contributed by atoms with Gasteiger partial charge in [0.1, 0.15) is 0 Å². The molecule has 0 spiro atoms. The topological polar surface area (TPSA) is 55.3 Å². The van der Waals surface area contributed by atoms with Gasteiger partial charge in [0.25, 0.3) is 0 Å². The molecular formula is C19H31N3O3. The Morgan fingerprint density at radius 3 is 2.40 bits per heavy atom. The van der Waals surface area contributed by atoms with Crippen LogP contribution in [-0.4, -0.2) is 51.8 Å². The van der Waals surface area contributed by atoms with E-state index in [2.05, 4.69) is 31.0 Å². The molecule has 1 saturated heterocycles. The van der Waals surface area contributed by atoms with Crippen LogP contribution in [-0.2, 0) is 6.54 Å². The molecule has 140 valence electrons. The van der Waals surface area contributed by atoms with Gasteiger partial charge in [-0.25, -0.2) is 4.99 Å². The van der Waals surface area contributed by atoms with Gasteiger partial charge in [-0.1, -0.05) is 13.8 Å². The summed E-state index contributed by atoms with van der Waals surface area (Å²) in [6, 6.07) is 3.86. The third kappa shape index (κ3) is 4.50. The molecule has 0 atom stereocenters. The summed E-state index contributed by atoms with van der Waals surface area (Å²) in [5.74, 6) is 2.87.